The summed E-state index contributed by atoms with van der Waals surface area (Å²) in [5.41, 5.74) is 2.22. The van der Waals surface area contributed by atoms with Gasteiger partial charge in [0, 0.05) is 30.4 Å². The Labute approximate surface area is 170 Å². The molecule has 2 atom stereocenters. The molecule has 6 nitrogen and oxygen atoms in total. The number of aliphatic imine (C=N–C) groups is 1. The van der Waals surface area contributed by atoms with Gasteiger partial charge in [0.15, 0.2) is 11.8 Å². The topological polar surface area (TPSA) is 78.0 Å². The van der Waals surface area contributed by atoms with E-state index in [-0.39, 0.29) is 24.0 Å². The van der Waals surface area contributed by atoms with Crippen LogP contribution in [0.1, 0.15) is 24.8 Å². The van der Waals surface area contributed by atoms with E-state index in [0.717, 1.165) is 29.1 Å². The fraction of sp³-hybridized carbons (Fsp3) is 0.471. The van der Waals surface area contributed by atoms with E-state index in [0.29, 0.717) is 6.04 Å². The molecule has 2 aromatic rings. The van der Waals surface area contributed by atoms with Gasteiger partial charge in [0.25, 0.3) is 0 Å². The average Bonchev–Trinajstić information content (AvgIpc) is 3.30. The minimum Gasteiger partial charge on any atom is -0.354 e. The highest BCUT2D eigenvalue weighted by Gasteiger charge is 2.24. The first-order chi connectivity index (χ1) is 11.8. The quantitative estimate of drug-likeness (QED) is 0.354. The summed E-state index contributed by atoms with van der Waals surface area (Å²) >= 11 is 1.97. The molecule has 3 rings (SSSR count). The van der Waals surface area contributed by atoms with E-state index < -0.39 is 0 Å². The number of thioether (sulfide) groups is 1. The van der Waals surface area contributed by atoms with E-state index in [4.69, 9.17) is 0 Å². The Kier molecular flexibility index (Phi) is 8.01. The SMILES string of the molecule is CN=C(NCc1cccc(-c2ncn[nH]2)c1)NC1CCC(SC)C1.I. The molecule has 1 heterocycles. The molecule has 0 spiro atoms. The van der Waals surface area contributed by atoms with Gasteiger partial charge in [-0.05, 0) is 37.1 Å². The van der Waals surface area contributed by atoms with Crippen LogP contribution in [0.15, 0.2) is 35.6 Å². The Morgan fingerprint density at radius 1 is 1.40 bits per heavy atom. The first-order valence-electron chi connectivity index (χ1n) is 8.23. The maximum absolute atomic E-state index is 4.35. The summed E-state index contributed by atoms with van der Waals surface area (Å²) in [6.07, 6.45) is 7.43. The molecule has 1 aliphatic rings. The standard InChI is InChI=1S/C17H24N6S.HI/c1-18-17(22-14-6-7-15(9-14)24-2)19-10-12-4-3-5-13(8-12)16-20-11-21-23-16;/h3-5,8,11,14-15H,6-7,9-10H2,1-2H3,(H2,18,19,22)(H,20,21,23);1H. The third-order valence-corrected chi connectivity index (χ3v) is 5.45. The second-order valence-corrected chi connectivity index (χ2v) is 7.11. The number of H-pyrrole nitrogens is 1. The highest BCUT2D eigenvalue weighted by Crippen LogP contribution is 2.28. The van der Waals surface area contributed by atoms with E-state index in [1.54, 1.807) is 0 Å². The van der Waals surface area contributed by atoms with Crippen LogP contribution in [-0.4, -0.2) is 45.7 Å². The lowest BCUT2D eigenvalue weighted by Crippen LogP contribution is -2.42. The van der Waals surface area contributed by atoms with Gasteiger partial charge in [0.1, 0.15) is 6.33 Å². The molecule has 136 valence electrons. The van der Waals surface area contributed by atoms with E-state index in [9.17, 15) is 0 Å². The highest BCUT2D eigenvalue weighted by atomic mass is 127. The zero-order valence-electron chi connectivity index (χ0n) is 14.5. The van der Waals surface area contributed by atoms with Crippen LogP contribution in [0.2, 0.25) is 0 Å². The van der Waals surface area contributed by atoms with Crippen molar-refractivity contribution in [2.24, 2.45) is 4.99 Å². The van der Waals surface area contributed by atoms with Crippen molar-refractivity contribution in [3.8, 4) is 11.4 Å². The molecule has 1 saturated carbocycles. The number of guanidine groups is 1. The predicted molar refractivity (Wildman–Crippen MR) is 116 cm³/mol. The van der Waals surface area contributed by atoms with Gasteiger partial charge in [0.2, 0.25) is 0 Å². The second-order valence-electron chi connectivity index (χ2n) is 5.97. The summed E-state index contributed by atoms with van der Waals surface area (Å²) in [5, 5.41) is 14.5. The lowest BCUT2D eigenvalue weighted by atomic mass is 10.1. The maximum atomic E-state index is 4.35. The van der Waals surface area contributed by atoms with Crippen molar-refractivity contribution in [3.63, 3.8) is 0 Å². The number of halogens is 1. The monoisotopic (exact) mass is 472 g/mol. The molecule has 0 saturated heterocycles. The van der Waals surface area contributed by atoms with E-state index in [2.05, 4.69) is 49.2 Å². The molecular weight excluding hydrogens is 447 g/mol. The Morgan fingerprint density at radius 3 is 2.96 bits per heavy atom. The molecule has 2 unspecified atom stereocenters. The Morgan fingerprint density at radius 2 is 2.28 bits per heavy atom. The summed E-state index contributed by atoms with van der Waals surface area (Å²) in [7, 11) is 1.82. The molecule has 3 N–H and O–H groups in total. The number of aromatic amines is 1. The van der Waals surface area contributed by atoms with Crippen molar-refractivity contribution in [1.82, 2.24) is 25.8 Å². The summed E-state index contributed by atoms with van der Waals surface area (Å²) < 4.78 is 0. The smallest absolute Gasteiger partial charge is 0.191 e. The lowest BCUT2D eigenvalue weighted by molar-refractivity contribution is 0.614. The van der Waals surface area contributed by atoms with Gasteiger partial charge >= 0.3 is 0 Å². The predicted octanol–water partition coefficient (Wildman–Crippen LogP) is 3.04. The van der Waals surface area contributed by atoms with Crippen molar-refractivity contribution in [1.29, 1.82) is 0 Å². The number of hydrogen-bond acceptors (Lipinski definition) is 4. The van der Waals surface area contributed by atoms with Crippen LogP contribution in [-0.2, 0) is 6.54 Å². The van der Waals surface area contributed by atoms with Crippen molar-refractivity contribution in [3.05, 3.63) is 36.2 Å². The molecule has 1 aromatic heterocycles. The van der Waals surface area contributed by atoms with Gasteiger partial charge < -0.3 is 10.6 Å². The van der Waals surface area contributed by atoms with Gasteiger partial charge in [-0.15, -0.1) is 24.0 Å². The minimum atomic E-state index is 0. The molecule has 1 fully saturated rings. The first kappa shape index (κ1) is 20.0. The Balaban J connectivity index is 0.00000225. The summed E-state index contributed by atoms with van der Waals surface area (Å²) in [6, 6.07) is 8.79. The van der Waals surface area contributed by atoms with Crippen LogP contribution in [0.3, 0.4) is 0 Å². The first-order valence-corrected chi connectivity index (χ1v) is 9.52. The molecule has 8 heteroatoms. The van der Waals surface area contributed by atoms with E-state index in [1.165, 1.54) is 31.2 Å². The molecule has 1 aliphatic carbocycles. The number of nitrogens with one attached hydrogen (secondary N) is 3. The van der Waals surface area contributed by atoms with Crippen LogP contribution < -0.4 is 10.6 Å². The fourth-order valence-corrected chi connectivity index (χ4v) is 3.83. The van der Waals surface area contributed by atoms with Gasteiger partial charge in [0.05, 0.1) is 0 Å². The van der Waals surface area contributed by atoms with Gasteiger partial charge in [-0.2, -0.15) is 16.9 Å². The zero-order chi connectivity index (χ0) is 16.8. The van der Waals surface area contributed by atoms with Crippen molar-refractivity contribution in [2.75, 3.05) is 13.3 Å². The summed E-state index contributed by atoms with van der Waals surface area (Å²) in [4.78, 5) is 8.55. The third kappa shape index (κ3) is 5.60. The van der Waals surface area contributed by atoms with Crippen LogP contribution in [0.25, 0.3) is 11.4 Å². The average molecular weight is 472 g/mol. The largest absolute Gasteiger partial charge is 0.354 e. The van der Waals surface area contributed by atoms with Crippen LogP contribution in [0.4, 0.5) is 0 Å². The number of nitrogens with zero attached hydrogens (tertiary/aromatic N) is 3. The molecule has 0 aliphatic heterocycles. The van der Waals surface area contributed by atoms with Crippen molar-refractivity contribution >= 4 is 41.7 Å². The van der Waals surface area contributed by atoms with Crippen LogP contribution in [0, 0.1) is 0 Å². The number of benzene rings is 1. The zero-order valence-corrected chi connectivity index (χ0v) is 17.7. The highest BCUT2D eigenvalue weighted by molar-refractivity contribution is 14.0. The van der Waals surface area contributed by atoms with Gasteiger partial charge in [-0.25, -0.2) is 4.98 Å². The van der Waals surface area contributed by atoms with E-state index in [1.807, 2.05) is 30.9 Å². The third-order valence-electron chi connectivity index (χ3n) is 4.36. The minimum absolute atomic E-state index is 0. The number of hydrogen-bond donors (Lipinski definition) is 3. The Bertz CT molecular complexity index is 676. The molecule has 0 radical (unpaired) electrons. The normalized spacial score (nSPS) is 20.2. The van der Waals surface area contributed by atoms with Gasteiger partial charge in [-0.1, -0.05) is 18.2 Å². The number of rotatable bonds is 5. The van der Waals surface area contributed by atoms with Crippen LogP contribution in [0.5, 0.6) is 0 Å². The van der Waals surface area contributed by atoms with Crippen LogP contribution >= 0.6 is 35.7 Å². The number of aromatic nitrogens is 3. The van der Waals surface area contributed by atoms with Gasteiger partial charge in [-0.3, -0.25) is 10.1 Å². The van der Waals surface area contributed by atoms with Crippen molar-refractivity contribution in [2.45, 2.75) is 37.1 Å². The summed E-state index contributed by atoms with van der Waals surface area (Å²) in [5.74, 6) is 1.65. The van der Waals surface area contributed by atoms with Crippen molar-refractivity contribution < 1.29 is 0 Å². The Hall–Kier alpha value is -1.29. The molecular formula is C17H25IN6S. The molecule has 0 bridgehead atoms. The lowest BCUT2D eigenvalue weighted by Gasteiger charge is -2.17. The molecule has 25 heavy (non-hydrogen) atoms. The summed E-state index contributed by atoms with van der Waals surface area (Å²) in [6.45, 7) is 0.723. The second kappa shape index (κ2) is 10.0. The maximum Gasteiger partial charge on any atom is 0.191 e. The van der Waals surface area contributed by atoms with E-state index >= 15 is 0 Å². The fourth-order valence-electron chi connectivity index (χ4n) is 3.03. The molecule has 1 aromatic carbocycles. The molecule has 0 amide bonds.